The highest BCUT2D eigenvalue weighted by Crippen LogP contribution is 2.21. The van der Waals surface area contributed by atoms with E-state index in [-0.39, 0.29) is 23.8 Å². The van der Waals surface area contributed by atoms with Crippen molar-refractivity contribution in [1.29, 1.82) is 0 Å². The Labute approximate surface area is 145 Å². The van der Waals surface area contributed by atoms with Crippen molar-refractivity contribution in [3.63, 3.8) is 0 Å². The largest absolute Gasteiger partial charge is 0.481 e. The van der Waals surface area contributed by atoms with Crippen LogP contribution in [0.25, 0.3) is 0 Å². The topological polar surface area (TPSA) is 102 Å². The van der Waals surface area contributed by atoms with Crippen molar-refractivity contribution in [2.75, 3.05) is 11.5 Å². The average Bonchev–Trinajstić information content (AvgIpc) is 2.85. The lowest BCUT2D eigenvalue weighted by Gasteiger charge is -2.15. The summed E-state index contributed by atoms with van der Waals surface area (Å²) in [5.74, 6) is -0.533. The van der Waals surface area contributed by atoms with Gasteiger partial charge >= 0.3 is 0 Å². The number of rotatable bonds is 5. The molecule has 9 heteroatoms. The van der Waals surface area contributed by atoms with E-state index in [0.29, 0.717) is 17.2 Å². The molecule has 1 aromatic carbocycles. The second-order valence-corrected chi connectivity index (χ2v) is 8.39. The monoisotopic (exact) mass is 374 g/mol. The molecule has 2 rings (SSSR count). The second-order valence-electron chi connectivity index (χ2n) is 5.72. The molecular formula is C15H19ClN2O5S. The third-order valence-electron chi connectivity index (χ3n) is 3.62. The molecular weight excluding hydrogens is 356 g/mol. The van der Waals surface area contributed by atoms with Crippen molar-refractivity contribution in [2.45, 2.75) is 25.9 Å². The Bertz CT molecular complexity index is 705. The molecule has 0 spiro atoms. The summed E-state index contributed by atoms with van der Waals surface area (Å²) in [5, 5.41) is 0.556. The fourth-order valence-electron chi connectivity index (χ4n) is 2.35. The molecule has 0 saturated carbocycles. The van der Waals surface area contributed by atoms with Gasteiger partial charge in [-0.15, -0.1) is 0 Å². The van der Waals surface area contributed by atoms with Crippen molar-refractivity contribution >= 4 is 33.3 Å². The van der Waals surface area contributed by atoms with E-state index in [1.807, 2.05) is 0 Å². The van der Waals surface area contributed by atoms with Gasteiger partial charge in [0, 0.05) is 11.4 Å². The van der Waals surface area contributed by atoms with E-state index in [9.17, 15) is 18.0 Å². The molecule has 0 bridgehead atoms. The van der Waals surface area contributed by atoms with Crippen LogP contribution in [0.15, 0.2) is 24.3 Å². The van der Waals surface area contributed by atoms with Crippen molar-refractivity contribution in [3.05, 3.63) is 29.3 Å². The summed E-state index contributed by atoms with van der Waals surface area (Å²) in [6.07, 6.45) is -0.288. The lowest BCUT2D eigenvalue weighted by Crippen LogP contribution is -2.47. The number of carbonyl (C=O) groups is 2. The highest BCUT2D eigenvalue weighted by Gasteiger charge is 2.29. The number of amides is 2. The maximum absolute atomic E-state index is 11.9. The number of carbonyl (C=O) groups excluding carboxylic acids is 2. The molecule has 1 saturated heterocycles. The first-order chi connectivity index (χ1) is 11.2. The lowest BCUT2D eigenvalue weighted by molar-refractivity contribution is -0.133. The van der Waals surface area contributed by atoms with Crippen LogP contribution < -0.4 is 15.6 Å². The minimum absolute atomic E-state index is 0.0183. The molecule has 1 aromatic rings. The van der Waals surface area contributed by atoms with Crippen LogP contribution in [0.5, 0.6) is 5.75 Å². The van der Waals surface area contributed by atoms with Gasteiger partial charge in [-0.2, -0.15) is 0 Å². The SMILES string of the molecule is C[C@H](Oc1ccc(Cl)cc1)C(=O)NNC(=O)C[C@@H]1CCS(=O)(=O)C1. The number of nitrogens with one attached hydrogen (secondary N) is 2. The van der Waals surface area contributed by atoms with E-state index >= 15 is 0 Å². The first-order valence-corrected chi connectivity index (χ1v) is 9.66. The highest BCUT2D eigenvalue weighted by atomic mass is 35.5. The molecule has 0 aromatic heterocycles. The summed E-state index contributed by atoms with van der Waals surface area (Å²) >= 11 is 5.76. The zero-order chi connectivity index (χ0) is 17.7. The van der Waals surface area contributed by atoms with Gasteiger partial charge in [0.25, 0.3) is 5.91 Å². The van der Waals surface area contributed by atoms with E-state index in [4.69, 9.17) is 16.3 Å². The number of hydrazine groups is 1. The highest BCUT2D eigenvalue weighted by molar-refractivity contribution is 7.91. The summed E-state index contributed by atoms with van der Waals surface area (Å²) < 4.78 is 28.1. The molecule has 1 aliphatic heterocycles. The van der Waals surface area contributed by atoms with Crippen LogP contribution in [0, 0.1) is 5.92 Å². The standard InChI is InChI=1S/C15H19ClN2O5S/c1-10(23-13-4-2-12(16)3-5-13)15(20)18-17-14(19)8-11-6-7-24(21,22)9-11/h2-5,10-11H,6-9H2,1H3,(H,17,19)(H,18,20)/t10-,11-/m0/s1. The van der Waals surface area contributed by atoms with E-state index in [1.54, 1.807) is 31.2 Å². The van der Waals surface area contributed by atoms with Gasteiger partial charge in [0.15, 0.2) is 15.9 Å². The molecule has 7 nitrogen and oxygen atoms in total. The summed E-state index contributed by atoms with van der Waals surface area (Å²) in [5.41, 5.74) is 4.55. The Morgan fingerprint density at radius 3 is 2.54 bits per heavy atom. The predicted molar refractivity (Wildman–Crippen MR) is 89.2 cm³/mol. The molecule has 0 unspecified atom stereocenters. The van der Waals surface area contributed by atoms with Crippen LogP contribution in [-0.2, 0) is 19.4 Å². The van der Waals surface area contributed by atoms with Crippen LogP contribution in [-0.4, -0.2) is 37.8 Å². The van der Waals surface area contributed by atoms with Crippen LogP contribution in [0.3, 0.4) is 0 Å². The van der Waals surface area contributed by atoms with Crippen LogP contribution in [0.1, 0.15) is 19.8 Å². The second kappa shape index (κ2) is 7.85. The molecule has 0 radical (unpaired) electrons. The number of benzene rings is 1. The Morgan fingerprint density at radius 1 is 1.29 bits per heavy atom. The van der Waals surface area contributed by atoms with Gasteiger partial charge in [0.05, 0.1) is 11.5 Å². The Morgan fingerprint density at radius 2 is 1.96 bits per heavy atom. The third kappa shape index (κ3) is 5.68. The van der Waals surface area contributed by atoms with Gasteiger partial charge in [-0.3, -0.25) is 20.4 Å². The average molecular weight is 375 g/mol. The first kappa shape index (κ1) is 18.5. The Kier molecular flexibility index (Phi) is 6.06. The molecule has 24 heavy (non-hydrogen) atoms. The van der Waals surface area contributed by atoms with Crippen LogP contribution in [0.4, 0.5) is 0 Å². The number of sulfone groups is 1. The molecule has 0 aliphatic carbocycles. The van der Waals surface area contributed by atoms with Crippen molar-refractivity contribution < 1.29 is 22.7 Å². The fraction of sp³-hybridized carbons (Fsp3) is 0.467. The number of hydrogen-bond acceptors (Lipinski definition) is 5. The van der Waals surface area contributed by atoms with Gasteiger partial charge in [0.2, 0.25) is 5.91 Å². The summed E-state index contributed by atoms with van der Waals surface area (Å²) in [4.78, 5) is 23.6. The van der Waals surface area contributed by atoms with E-state index in [2.05, 4.69) is 10.9 Å². The number of hydrogen-bond donors (Lipinski definition) is 2. The van der Waals surface area contributed by atoms with Crippen molar-refractivity contribution in [1.82, 2.24) is 10.9 Å². The number of halogens is 1. The van der Waals surface area contributed by atoms with E-state index in [0.717, 1.165) is 0 Å². The van der Waals surface area contributed by atoms with E-state index in [1.165, 1.54) is 0 Å². The minimum Gasteiger partial charge on any atom is -0.481 e. The zero-order valence-electron chi connectivity index (χ0n) is 13.1. The number of ether oxygens (including phenoxy) is 1. The lowest BCUT2D eigenvalue weighted by atomic mass is 10.1. The molecule has 1 aliphatic rings. The van der Waals surface area contributed by atoms with Gasteiger partial charge in [-0.1, -0.05) is 11.6 Å². The molecule has 1 heterocycles. The van der Waals surface area contributed by atoms with Gasteiger partial charge < -0.3 is 4.74 Å². The molecule has 2 atom stereocenters. The van der Waals surface area contributed by atoms with Gasteiger partial charge in [-0.05, 0) is 43.5 Å². The van der Waals surface area contributed by atoms with Crippen LogP contribution in [0.2, 0.25) is 5.02 Å². The summed E-state index contributed by atoms with van der Waals surface area (Å²) in [6, 6.07) is 6.54. The van der Waals surface area contributed by atoms with Gasteiger partial charge in [-0.25, -0.2) is 8.42 Å². The molecule has 2 N–H and O–H groups in total. The Balaban J connectivity index is 1.73. The van der Waals surface area contributed by atoms with Crippen molar-refractivity contribution in [3.8, 4) is 5.75 Å². The van der Waals surface area contributed by atoms with Crippen molar-refractivity contribution in [2.24, 2.45) is 5.92 Å². The summed E-state index contributed by atoms with van der Waals surface area (Å²) in [6.45, 7) is 1.54. The maximum atomic E-state index is 11.9. The minimum atomic E-state index is -3.02. The fourth-order valence-corrected chi connectivity index (χ4v) is 4.34. The van der Waals surface area contributed by atoms with Gasteiger partial charge in [0.1, 0.15) is 5.75 Å². The van der Waals surface area contributed by atoms with Crippen LogP contribution >= 0.6 is 11.6 Å². The first-order valence-electron chi connectivity index (χ1n) is 7.46. The smallest absolute Gasteiger partial charge is 0.279 e. The predicted octanol–water partition coefficient (Wildman–Crippen LogP) is 1.08. The quantitative estimate of drug-likeness (QED) is 0.751. The summed E-state index contributed by atoms with van der Waals surface area (Å²) in [7, 11) is -3.02. The maximum Gasteiger partial charge on any atom is 0.279 e. The molecule has 132 valence electrons. The zero-order valence-corrected chi connectivity index (χ0v) is 14.7. The molecule has 1 fully saturated rings. The molecule has 2 amide bonds. The third-order valence-corrected chi connectivity index (χ3v) is 5.71. The normalized spacial score (nSPS) is 20.2. The van der Waals surface area contributed by atoms with E-state index < -0.39 is 27.8 Å². The Hall–Kier alpha value is -1.80.